The molecule has 3 heterocycles. The second-order valence-electron chi connectivity index (χ2n) is 18.4. The molecule has 0 spiro atoms. The van der Waals surface area contributed by atoms with Crippen LogP contribution < -0.4 is 21.3 Å². The number of benzene rings is 4. The first-order chi connectivity index (χ1) is 34.7. The Morgan fingerprint density at radius 1 is 0.708 bits per heavy atom. The highest BCUT2D eigenvalue weighted by Gasteiger charge is 2.45. The number of ether oxygens (including phenoxy) is 2. The molecule has 3 aliphatic heterocycles. The lowest BCUT2D eigenvalue weighted by Crippen LogP contribution is -2.54. The van der Waals surface area contributed by atoms with Gasteiger partial charge in [-0.3, -0.25) is 34.2 Å². The van der Waals surface area contributed by atoms with Gasteiger partial charge in [0.2, 0.25) is 31.9 Å². The highest BCUT2D eigenvalue weighted by atomic mass is 35.5. The van der Waals surface area contributed by atoms with Crippen molar-refractivity contribution in [2.24, 2.45) is 5.92 Å². The van der Waals surface area contributed by atoms with Crippen LogP contribution in [0.2, 0.25) is 5.02 Å². The standard InChI is InChI=1S/C51H60ClN7O11S2/c52-39-14-10-36(11-15-39)34-58(40-4-1-2-5-40)72(67,68)42-18-16-41(17-19-42)71(65,66)57(33-37-22-24-53-25-23-37)32-35-8-12-38(13-9-35)48(61)55-27-29-70-31-30-69-28-26-54-44-7-3-6-43-47(44)51(64)59(50(43)63)45-20-21-46(60)56-49(45)62/h3,6-19,37,40,45,53-54H,1-2,4-5,20-34H2,(H,55,61)(H,56,60,62). The van der Waals surface area contributed by atoms with E-state index in [0.717, 1.165) is 62.1 Å². The van der Waals surface area contributed by atoms with Gasteiger partial charge < -0.3 is 25.4 Å². The van der Waals surface area contributed by atoms with E-state index in [9.17, 15) is 40.8 Å². The maximum Gasteiger partial charge on any atom is 0.264 e. The van der Waals surface area contributed by atoms with Gasteiger partial charge in [0.15, 0.2) is 0 Å². The second-order valence-corrected chi connectivity index (χ2v) is 22.6. The van der Waals surface area contributed by atoms with E-state index in [1.807, 2.05) is 12.1 Å². The SMILES string of the molecule is O=C1CCC(N2C(=O)c3cccc(NCCOCCOCCNC(=O)c4ccc(CN(CC5CCNCC5)S(=O)(=O)c5ccc(S(=O)(=O)N(Cc6ccc(Cl)cc6)C6CCCC6)cc5)cc4)c3C2=O)C(=O)N1. The molecule has 0 aromatic heterocycles. The zero-order valence-electron chi connectivity index (χ0n) is 39.9. The molecule has 18 nitrogen and oxygen atoms in total. The molecule has 21 heteroatoms. The molecular weight excluding hydrogens is 986 g/mol. The number of amides is 5. The van der Waals surface area contributed by atoms with Gasteiger partial charge in [0.1, 0.15) is 6.04 Å². The molecule has 0 bridgehead atoms. The highest BCUT2D eigenvalue weighted by Crippen LogP contribution is 2.34. The molecule has 1 unspecified atom stereocenters. The van der Waals surface area contributed by atoms with Crippen molar-refractivity contribution < 1.29 is 50.3 Å². The molecule has 8 rings (SSSR count). The lowest BCUT2D eigenvalue weighted by Gasteiger charge is -2.30. The monoisotopic (exact) mass is 1050 g/mol. The largest absolute Gasteiger partial charge is 0.382 e. The summed E-state index contributed by atoms with van der Waals surface area (Å²) in [5.41, 5.74) is 2.66. The molecule has 1 aliphatic carbocycles. The average Bonchev–Trinajstić information content (AvgIpc) is 4.00. The fourth-order valence-corrected chi connectivity index (χ4v) is 12.9. The van der Waals surface area contributed by atoms with Crippen LogP contribution in [0, 0.1) is 5.92 Å². The van der Waals surface area contributed by atoms with Crippen LogP contribution in [0.25, 0.3) is 0 Å². The van der Waals surface area contributed by atoms with Crippen molar-refractivity contribution in [3.63, 3.8) is 0 Å². The van der Waals surface area contributed by atoms with E-state index >= 15 is 0 Å². The van der Waals surface area contributed by atoms with Crippen LogP contribution in [0.15, 0.2) is 101 Å². The zero-order chi connectivity index (χ0) is 50.8. The summed E-state index contributed by atoms with van der Waals surface area (Å²) in [6.07, 6.45) is 5.10. The maximum atomic E-state index is 14.4. The highest BCUT2D eigenvalue weighted by molar-refractivity contribution is 7.89. The molecule has 4 N–H and O–H groups in total. The molecule has 3 fully saturated rings. The lowest BCUT2D eigenvalue weighted by atomic mass is 9.98. The van der Waals surface area contributed by atoms with Gasteiger partial charge >= 0.3 is 0 Å². The Morgan fingerprint density at radius 2 is 1.33 bits per heavy atom. The molecule has 4 aliphatic rings. The smallest absolute Gasteiger partial charge is 0.264 e. The summed E-state index contributed by atoms with van der Waals surface area (Å²) in [7, 11) is -8.06. The number of hydrogen-bond donors (Lipinski definition) is 4. The van der Waals surface area contributed by atoms with Crippen LogP contribution >= 0.6 is 11.6 Å². The summed E-state index contributed by atoms with van der Waals surface area (Å²) >= 11 is 6.10. The number of rotatable bonds is 23. The number of hydrogen-bond acceptors (Lipinski definition) is 13. The summed E-state index contributed by atoms with van der Waals surface area (Å²) in [6.45, 7) is 3.60. The summed E-state index contributed by atoms with van der Waals surface area (Å²) in [5.74, 6) is -2.51. The van der Waals surface area contributed by atoms with Crippen LogP contribution in [0.1, 0.15) is 93.6 Å². The predicted molar refractivity (Wildman–Crippen MR) is 268 cm³/mol. The zero-order valence-corrected chi connectivity index (χ0v) is 42.2. The topological polar surface area (TPSA) is 230 Å². The summed E-state index contributed by atoms with van der Waals surface area (Å²) in [6, 6.07) is 23.0. The molecule has 0 radical (unpaired) electrons. The van der Waals surface area contributed by atoms with Crippen molar-refractivity contribution in [3.05, 3.63) is 124 Å². The van der Waals surface area contributed by atoms with Gasteiger partial charge in [0, 0.05) is 61.5 Å². The van der Waals surface area contributed by atoms with E-state index in [4.69, 9.17) is 21.1 Å². The van der Waals surface area contributed by atoms with Crippen LogP contribution in [-0.4, -0.2) is 131 Å². The number of piperidine rings is 2. The van der Waals surface area contributed by atoms with Gasteiger partial charge in [-0.15, -0.1) is 0 Å². The molecule has 5 amide bonds. The van der Waals surface area contributed by atoms with Gasteiger partial charge in [0.05, 0.1) is 47.3 Å². The molecule has 2 saturated heterocycles. The van der Waals surface area contributed by atoms with E-state index < -0.39 is 49.7 Å². The fraction of sp³-hybridized carbons (Fsp3) is 0.431. The Balaban J connectivity index is 0.792. The van der Waals surface area contributed by atoms with E-state index in [1.165, 1.54) is 38.9 Å². The third-order valence-corrected chi connectivity index (χ3v) is 17.5. The number of nitrogens with zero attached hydrogens (tertiary/aromatic N) is 3. The number of anilines is 1. The van der Waals surface area contributed by atoms with Crippen molar-refractivity contribution in [1.82, 2.24) is 29.5 Å². The number of halogens is 1. The van der Waals surface area contributed by atoms with Crippen molar-refractivity contribution in [3.8, 4) is 0 Å². The quantitative estimate of drug-likeness (QED) is 0.0571. The first kappa shape index (κ1) is 52.7. The minimum atomic E-state index is -4.08. The van der Waals surface area contributed by atoms with Gasteiger partial charge in [-0.05, 0) is 123 Å². The summed E-state index contributed by atoms with van der Waals surface area (Å²) in [4.78, 5) is 64.4. The van der Waals surface area contributed by atoms with Gasteiger partial charge in [-0.25, -0.2) is 16.8 Å². The molecule has 384 valence electrons. The van der Waals surface area contributed by atoms with E-state index in [1.54, 1.807) is 48.5 Å². The molecule has 1 saturated carbocycles. The van der Waals surface area contributed by atoms with Crippen molar-refractivity contribution >= 4 is 66.9 Å². The van der Waals surface area contributed by atoms with Crippen LogP contribution in [0.5, 0.6) is 0 Å². The van der Waals surface area contributed by atoms with Gasteiger partial charge in [-0.1, -0.05) is 54.8 Å². The van der Waals surface area contributed by atoms with Crippen LogP contribution in [0.3, 0.4) is 0 Å². The number of carbonyl (C=O) groups is 5. The number of sulfonamides is 2. The van der Waals surface area contributed by atoms with Crippen LogP contribution in [0.4, 0.5) is 5.69 Å². The molecule has 1 atom stereocenters. The number of imide groups is 2. The normalized spacial score (nSPS) is 18.0. The van der Waals surface area contributed by atoms with Gasteiger partial charge in [-0.2, -0.15) is 8.61 Å². The minimum Gasteiger partial charge on any atom is -0.382 e. The minimum absolute atomic E-state index is 0.00526. The second kappa shape index (κ2) is 24.0. The predicted octanol–water partition coefficient (Wildman–Crippen LogP) is 4.94. The van der Waals surface area contributed by atoms with Crippen molar-refractivity contribution in [2.45, 2.75) is 86.3 Å². The first-order valence-electron chi connectivity index (χ1n) is 24.4. The van der Waals surface area contributed by atoms with E-state index in [2.05, 4.69) is 21.3 Å². The summed E-state index contributed by atoms with van der Waals surface area (Å²) < 4.78 is 71.5. The van der Waals surface area contributed by atoms with Crippen molar-refractivity contribution in [1.29, 1.82) is 0 Å². The number of fused-ring (bicyclic) bond motifs is 1. The number of carbonyl (C=O) groups excluding carboxylic acids is 5. The average molecular weight is 1050 g/mol. The Kier molecular flexibility index (Phi) is 17.6. The fourth-order valence-electron chi connectivity index (χ4n) is 9.59. The van der Waals surface area contributed by atoms with E-state index in [-0.39, 0.29) is 104 Å². The third kappa shape index (κ3) is 12.6. The first-order valence-corrected chi connectivity index (χ1v) is 27.6. The Bertz CT molecular complexity index is 2820. The maximum absolute atomic E-state index is 14.4. The lowest BCUT2D eigenvalue weighted by molar-refractivity contribution is -0.136. The Morgan fingerprint density at radius 3 is 2.00 bits per heavy atom. The molecule has 4 aromatic rings. The molecule has 4 aromatic carbocycles. The molecule has 72 heavy (non-hydrogen) atoms. The van der Waals surface area contributed by atoms with E-state index in [0.29, 0.717) is 28.4 Å². The molecular formula is C51H60ClN7O11S2. The van der Waals surface area contributed by atoms with Crippen LogP contribution in [-0.2, 0) is 52.2 Å². The third-order valence-electron chi connectivity index (χ3n) is 13.5. The van der Waals surface area contributed by atoms with Gasteiger partial charge in [0.25, 0.3) is 17.7 Å². The Labute approximate surface area is 425 Å². The summed E-state index contributed by atoms with van der Waals surface area (Å²) in [5, 5.41) is 12.0. The number of nitrogens with one attached hydrogen (secondary N) is 4. The Hall–Kier alpha value is -5.58. The van der Waals surface area contributed by atoms with Crippen molar-refractivity contribution in [2.75, 3.05) is 64.5 Å².